The Bertz CT molecular complexity index is 402. The van der Waals surface area contributed by atoms with E-state index >= 15 is 0 Å². The molecule has 1 nitrogen and oxygen atoms in total. The van der Waals surface area contributed by atoms with E-state index in [-0.39, 0.29) is 17.9 Å². The molecule has 0 aliphatic heterocycles. The van der Waals surface area contributed by atoms with E-state index in [4.69, 9.17) is 0 Å². The van der Waals surface area contributed by atoms with Gasteiger partial charge in [-0.15, -0.1) is 12.4 Å². The van der Waals surface area contributed by atoms with Crippen LogP contribution >= 0.6 is 12.4 Å². The normalized spacial score (nSPS) is 11.3. The maximum absolute atomic E-state index is 3.71. The summed E-state index contributed by atoms with van der Waals surface area (Å²) in [6, 6.07) is 10.8. The summed E-state index contributed by atoms with van der Waals surface area (Å²) in [5.41, 5.74) is 1.46. The molecule has 0 radical (unpaired) electrons. The molecule has 1 aromatic carbocycles. The molecule has 0 atom stereocenters. The number of halogens is 1. The van der Waals surface area contributed by atoms with Gasteiger partial charge in [0.05, 0.1) is 0 Å². The predicted molar refractivity (Wildman–Crippen MR) is 120 cm³/mol. The van der Waals surface area contributed by atoms with Gasteiger partial charge in [-0.3, -0.25) is 0 Å². The summed E-state index contributed by atoms with van der Waals surface area (Å²) >= 11 is 0. The molecule has 0 bridgehead atoms. The van der Waals surface area contributed by atoms with Gasteiger partial charge in [0.1, 0.15) is 0 Å². The molecule has 0 aromatic heterocycles. The predicted octanol–water partition coefficient (Wildman–Crippen LogP) is 8.02. The van der Waals surface area contributed by atoms with Gasteiger partial charge in [0.2, 0.25) is 0 Å². The summed E-state index contributed by atoms with van der Waals surface area (Å²) in [5, 5.41) is 3.71. The van der Waals surface area contributed by atoms with Crippen LogP contribution in [0.4, 0.5) is 0 Å². The van der Waals surface area contributed by atoms with Crippen LogP contribution in [0, 0.1) is 0 Å². The topological polar surface area (TPSA) is 12.0 Å². The minimum Gasteiger partial charge on any atom is -0.308 e. The SMILES string of the molecule is CCCCCCCCCCCCCCCNC(C)(C)c1ccccc1.Cl. The Kier molecular flexibility index (Phi) is 16.3. The van der Waals surface area contributed by atoms with Crippen LogP contribution in [0.5, 0.6) is 0 Å². The summed E-state index contributed by atoms with van der Waals surface area (Å²) < 4.78 is 0. The van der Waals surface area contributed by atoms with Crippen LogP contribution in [0.25, 0.3) is 0 Å². The summed E-state index contributed by atoms with van der Waals surface area (Å²) in [6.07, 6.45) is 18.5. The lowest BCUT2D eigenvalue weighted by atomic mass is 9.94. The van der Waals surface area contributed by atoms with Crippen LogP contribution in [0.3, 0.4) is 0 Å². The number of hydrogen-bond acceptors (Lipinski definition) is 1. The van der Waals surface area contributed by atoms with E-state index in [0.717, 1.165) is 6.54 Å². The number of benzene rings is 1. The van der Waals surface area contributed by atoms with E-state index in [2.05, 4.69) is 56.4 Å². The van der Waals surface area contributed by atoms with Gasteiger partial charge < -0.3 is 5.32 Å². The van der Waals surface area contributed by atoms with Crippen molar-refractivity contribution in [1.82, 2.24) is 5.32 Å². The Labute approximate surface area is 170 Å². The summed E-state index contributed by atoms with van der Waals surface area (Å²) in [5.74, 6) is 0. The average molecular weight is 382 g/mol. The zero-order chi connectivity index (χ0) is 18.2. The molecule has 1 rings (SSSR count). The minimum atomic E-state index is 0. The van der Waals surface area contributed by atoms with Crippen LogP contribution in [0.15, 0.2) is 30.3 Å². The highest BCUT2D eigenvalue weighted by Crippen LogP contribution is 2.19. The first-order chi connectivity index (χ1) is 12.2. The van der Waals surface area contributed by atoms with Gasteiger partial charge in [-0.2, -0.15) is 0 Å². The van der Waals surface area contributed by atoms with Crippen LogP contribution < -0.4 is 5.32 Å². The number of rotatable bonds is 16. The van der Waals surface area contributed by atoms with Crippen molar-refractivity contribution in [2.24, 2.45) is 0 Å². The van der Waals surface area contributed by atoms with Gasteiger partial charge in [0.25, 0.3) is 0 Å². The van der Waals surface area contributed by atoms with Gasteiger partial charge in [0.15, 0.2) is 0 Å². The smallest absolute Gasteiger partial charge is 0.0377 e. The molecule has 26 heavy (non-hydrogen) atoms. The molecule has 0 spiro atoms. The Hall–Kier alpha value is -0.530. The number of nitrogens with one attached hydrogen (secondary N) is 1. The monoisotopic (exact) mass is 381 g/mol. The van der Waals surface area contributed by atoms with Crippen molar-refractivity contribution in [3.05, 3.63) is 35.9 Å². The summed E-state index contributed by atoms with van der Waals surface area (Å²) in [7, 11) is 0. The third-order valence-corrected chi connectivity index (χ3v) is 5.34. The highest BCUT2D eigenvalue weighted by atomic mass is 35.5. The zero-order valence-corrected chi connectivity index (χ0v) is 18.5. The van der Waals surface area contributed by atoms with E-state index in [0.29, 0.717) is 0 Å². The lowest BCUT2D eigenvalue weighted by Crippen LogP contribution is -2.37. The lowest BCUT2D eigenvalue weighted by Gasteiger charge is -2.27. The molecular weight excluding hydrogens is 338 g/mol. The zero-order valence-electron chi connectivity index (χ0n) is 17.7. The molecule has 0 unspecified atom stereocenters. The first-order valence-electron chi connectivity index (χ1n) is 11.0. The van der Waals surface area contributed by atoms with E-state index < -0.39 is 0 Å². The van der Waals surface area contributed by atoms with Gasteiger partial charge in [-0.1, -0.05) is 114 Å². The van der Waals surface area contributed by atoms with Crippen LogP contribution in [-0.2, 0) is 5.54 Å². The highest BCUT2D eigenvalue weighted by molar-refractivity contribution is 5.85. The van der Waals surface area contributed by atoms with Gasteiger partial charge in [-0.05, 0) is 32.4 Å². The maximum Gasteiger partial charge on any atom is 0.0377 e. The third-order valence-electron chi connectivity index (χ3n) is 5.34. The second-order valence-corrected chi connectivity index (χ2v) is 8.16. The molecular formula is C24H44ClN. The standard InChI is InChI=1S/C24H43N.ClH/c1-4-5-6-7-8-9-10-11-12-13-14-15-19-22-25-24(2,3)23-20-17-16-18-21-23;/h16-18,20-21,25H,4-15,19,22H2,1-3H3;1H. The van der Waals surface area contributed by atoms with Crippen molar-refractivity contribution in [1.29, 1.82) is 0 Å². The van der Waals surface area contributed by atoms with Gasteiger partial charge in [-0.25, -0.2) is 0 Å². The van der Waals surface area contributed by atoms with Crippen molar-refractivity contribution in [2.45, 2.75) is 110 Å². The molecule has 0 aliphatic carbocycles. The van der Waals surface area contributed by atoms with Crippen molar-refractivity contribution in [3.8, 4) is 0 Å². The fourth-order valence-corrected chi connectivity index (χ4v) is 3.50. The van der Waals surface area contributed by atoms with E-state index in [1.54, 1.807) is 0 Å². The van der Waals surface area contributed by atoms with Crippen molar-refractivity contribution in [2.75, 3.05) is 6.54 Å². The Morgan fingerprint density at radius 1 is 0.654 bits per heavy atom. The fraction of sp³-hybridized carbons (Fsp3) is 0.750. The maximum atomic E-state index is 3.71. The van der Waals surface area contributed by atoms with E-state index in [1.165, 1.54) is 89.0 Å². The molecule has 0 heterocycles. The molecule has 0 amide bonds. The van der Waals surface area contributed by atoms with Crippen LogP contribution in [0.1, 0.15) is 110 Å². The van der Waals surface area contributed by atoms with Crippen molar-refractivity contribution < 1.29 is 0 Å². The quantitative estimate of drug-likeness (QED) is 0.286. The number of hydrogen-bond donors (Lipinski definition) is 1. The van der Waals surface area contributed by atoms with E-state index in [9.17, 15) is 0 Å². The molecule has 1 aromatic rings. The molecule has 2 heteroatoms. The Morgan fingerprint density at radius 3 is 1.54 bits per heavy atom. The molecule has 0 saturated carbocycles. The van der Waals surface area contributed by atoms with Crippen molar-refractivity contribution in [3.63, 3.8) is 0 Å². The molecule has 0 saturated heterocycles. The summed E-state index contributed by atoms with van der Waals surface area (Å²) in [4.78, 5) is 0. The second kappa shape index (κ2) is 16.6. The second-order valence-electron chi connectivity index (χ2n) is 8.16. The third kappa shape index (κ3) is 12.8. The Morgan fingerprint density at radius 2 is 1.08 bits per heavy atom. The molecule has 0 fully saturated rings. The van der Waals surface area contributed by atoms with Crippen molar-refractivity contribution >= 4 is 12.4 Å². The van der Waals surface area contributed by atoms with Gasteiger partial charge >= 0.3 is 0 Å². The largest absolute Gasteiger partial charge is 0.308 e. The summed E-state index contributed by atoms with van der Waals surface area (Å²) in [6.45, 7) is 7.98. The van der Waals surface area contributed by atoms with Crippen LogP contribution in [-0.4, -0.2) is 6.54 Å². The van der Waals surface area contributed by atoms with Gasteiger partial charge in [0, 0.05) is 5.54 Å². The lowest BCUT2D eigenvalue weighted by molar-refractivity contribution is 0.394. The number of unbranched alkanes of at least 4 members (excludes halogenated alkanes) is 12. The molecule has 1 N–H and O–H groups in total. The van der Waals surface area contributed by atoms with E-state index in [1.807, 2.05) is 0 Å². The Balaban J connectivity index is 0.00000625. The average Bonchev–Trinajstić information content (AvgIpc) is 2.63. The van der Waals surface area contributed by atoms with Crippen LogP contribution in [0.2, 0.25) is 0 Å². The molecule has 0 aliphatic rings. The first kappa shape index (κ1) is 25.5. The minimum absolute atomic E-state index is 0. The fourth-order valence-electron chi connectivity index (χ4n) is 3.50. The molecule has 152 valence electrons. The first-order valence-corrected chi connectivity index (χ1v) is 11.0. The highest BCUT2D eigenvalue weighted by Gasteiger charge is 2.18.